The van der Waals surface area contributed by atoms with Crippen LogP contribution in [0.5, 0.6) is 5.75 Å². The fourth-order valence-corrected chi connectivity index (χ4v) is 4.15. The van der Waals surface area contributed by atoms with Gasteiger partial charge in [0.2, 0.25) is 5.95 Å². The minimum absolute atomic E-state index is 0. The minimum atomic E-state index is 0. The molecule has 0 bridgehead atoms. The highest BCUT2D eigenvalue weighted by Gasteiger charge is 2.30. The number of nitrogens with zero attached hydrogens (tertiary/aromatic N) is 4. The lowest BCUT2D eigenvalue weighted by atomic mass is 10.0. The molecule has 3 aromatic rings. The van der Waals surface area contributed by atoms with Crippen molar-refractivity contribution in [3.05, 3.63) is 71.9 Å². The van der Waals surface area contributed by atoms with E-state index in [-0.39, 0.29) is 18.4 Å². The molecule has 1 aromatic heterocycles. The Balaban J connectivity index is 0.00000342. The zero-order valence-electron chi connectivity index (χ0n) is 20.8. The van der Waals surface area contributed by atoms with Crippen molar-refractivity contribution in [3.63, 3.8) is 0 Å². The van der Waals surface area contributed by atoms with E-state index in [2.05, 4.69) is 53.3 Å². The van der Waals surface area contributed by atoms with Crippen LogP contribution in [0.15, 0.2) is 60.8 Å². The number of nitrogens with one attached hydrogen (secondary N) is 1. The molecular formula is C27H36ClN5O2. The molecule has 2 heterocycles. The Hall–Kier alpha value is -2.87. The van der Waals surface area contributed by atoms with Crippen LogP contribution in [0, 0.1) is 6.92 Å². The Kier molecular flexibility index (Phi) is 10.1. The highest BCUT2D eigenvalue weighted by Crippen LogP contribution is 2.35. The maximum absolute atomic E-state index is 5.98. The number of hydrogen-bond acceptors (Lipinski definition) is 7. The van der Waals surface area contributed by atoms with E-state index in [4.69, 9.17) is 14.6 Å². The van der Waals surface area contributed by atoms with Crippen LogP contribution in [-0.2, 0) is 4.84 Å². The molecule has 8 heteroatoms. The van der Waals surface area contributed by atoms with Crippen molar-refractivity contribution in [3.8, 4) is 5.75 Å². The zero-order chi connectivity index (χ0) is 23.8. The van der Waals surface area contributed by atoms with Gasteiger partial charge in [0.15, 0.2) is 5.82 Å². The molecule has 1 fully saturated rings. The molecular weight excluding hydrogens is 462 g/mol. The summed E-state index contributed by atoms with van der Waals surface area (Å²) in [7, 11) is 0. The van der Waals surface area contributed by atoms with E-state index in [0.29, 0.717) is 19.2 Å². The van der Waals surface area contributed by atoms with Gasteiger partial charge in [-0.25, -0.2) is 10.0 Å². The van der Waals surface area contributed by atoms with Gasteiger partial charge in [0.25, 0.3) is 0 Å². The van der Waals surface area contributed by atoms with E-state index in [0.717, 1.165) is 55.3 Å². The average Bonchev–Trinajstić information content (AvgIpc) is 3.37. The van der Waals surface area contributed by atoms with Crippen molar-refractivity contribution >= 4 is 29.9 Å². The molecule has 1 aliphatic heterocycles. The minimum Gasteiger partial charge on any atom is -0.494 e. The quantitative estimate of drug-likeness (QED) is 0.329. The normalized spacial score (nSPS) is 15.2. The van der Waals surface area contributed by atoms with Crippen LogP contribution in [0.25, 0.3) is 0 Å². The third kappa shape index (κ3) is 7.07. The third-order valence-corrected chi connectivity index (χ3v) is 6.14. The molecule has 2 aromatic carbocycles. The topological polar surface area (TPSA) is 62.8 Å². The first kappa shape index (κ1) is 26.7. The van der Waals surface area contributed by atoms with Gasteiger partial charge in [-0.15, -0.1) is 12.4 Å². The second-order valence-corrected chi connectivity index (χ2v) is 8.45. The lowest BCUT2D eigenvalue weighted by molar-refractivity contribution is 0.156. The summed E-state index contributed by atoms with van der Waals surface area (Å²) in [6, 6.07) is 18.5. The first-order valence-corrected chi connectivity index (χ1v) is 12.2. The van der Waals surface area contributed by atoms with Crippen molar-refractivity contribution < 1.29 is 9.57 Å². The molecule has 4 rings (SSSR count). The molecule has 0 amide bonds. The number of hydroxylamine groups is 1. The van der Waals surface area contributed by atoms with Gasteiger partial charge in [0.05, 0.1) is 19.3 Å². The number of rotatable bonds is 11. The predicted molar refractivity (Wildman–Crippen MR) is 144 cm³/mol. The molecule has 1 aliphatic rings. The summed E-state index contributed by atoms with van der Waals surface area (Å²) in [6.07, 6.45) is 3.78. The fourth-order valence-electron chi connectivity index (χ4n) is 4.15. The number of hydrogen-bond donors (Lipinski definition) is 1. The van der Waals surface area contributed by atoms with E-state index in [1.165, 1.54) is 5.56 Å². The van der Waals surface area contributed by atoms with Crippen LogP contribution < -0.4 is 15.1 Å². The number of aryl methyl sites for hydroxylation is 1. The second kappa shape index (κ2) is 13.3. The molecule has 7 nitrogen and oxygen atoms in total. The van der Waals surface area contributed by atoms with Gasteiger partial charge >= 0.3 is 0 Å². The van der Waals surface area contributed by atoms with Crippen LogP contribution in [0.1, 0.15) is 43.9 Å². The molecule has 35 heavy (non-hydrogen) atoms. The number of benzene rings is 2. The number of halogens is 1. The lowest BCUT2D eigenvalue weighted by Crippen LogP contribution is -2.25. The lowest BCUT2D eigenvalue weighted by Gasteiger charge is -2.25. The summed E-state index contributed by atoms with van der Waals surface area (Å²) in [6.45, 7) is 11.0. The van der Waals surface area contributed by atoms with E-state index in [1.54, 1.807) is 0 Å². The summed E-state index contributed by atoms with van der Waals surface area (Å²) >= 11 is 0. The van der Waals surface area contributed by atoms with Gasteiger partial charge in [-0.3, -0.25) is 4.84 Å². The van der Waals surface area contributed by atoms with E-state index < -0.39 is 0 Å². The van der Waals surface area contributed by atoms with Gasteiger partial charge in [0.1, 0.15) is 5.75 Å². The van der Waals surface area contributed by atoms with Gasteiger partial charge < -0.3 is 15.0 Å². The maximum atomic E-state index is 5.98. The maximum Gasteiger partial charge on any atom is 0.229 e. The standard InChI is InChI=1S/C27H35N5O2.ClH/c1-4-31(5-2)17-9-18-33-24-14-12-23(13-15-24)29-27-28-20-21(3)26(30-27)32-25(16-19-34-32)22-10-7-6-8-11-22;/h6-8,10-15,20,25H,4-5,9,16-19H2,1-3H3,(H,28,29,30);1H. The number of aromatic nitrogens is 2. The summed E-state index contributed by atoms with van der Waals surface area (Å²) in [5, 5.41) is 5.23. The first-order chi connectivity index (χ1) is 16.7. The Bertz CT molecular complexity index is 1030. The first-order valence-electron chi connectivity index (χ1n) is 12.2. The van der Waals surface area contributed by atoms with Gasteiger partial charge in [-0.1, -0.05) is 44.2 Å². The van der Waals surface area contributed by atoms with E-state index in [9.17, 15) is 0 Å². The van der Waals surface area contributed by atoms with Crippen LogP contribution >= 0.6 is 12.4 Å². The molecule has 188 valence electrons. The average molecular weight is 498 g/mol. The molecule has 1 saturated heterocycles. The molecule has 1 atom stereocenters. The highest BCUT2D eigenvalue weighted by molar-refractivity contribution is 5.85. The molecule has 0 spiro atoms. The highest BCUT2D eigenvalue weighted by atomic mass is 35.5. The van der Waals surface area contributed by atoms with Gasteiger partial charge in [-0.2, -0.15) is 4.98 Å². The van der Waals surface area contributed by atoms with E-state index in [1.807, 2.05) is 48.5 Å². The Morgan fingerprint density at radius 2 is 1.83 bits per heavy atom. The molecule has 1 N–H and O–H groups in total. The summed E-state index contributed by atoms with van der Waals surface area (Å²) in [4.78, 5) is 17.6. The van der Waals surface area contributed by atoms with Crippen molar-refractivity contribution in [2.24, 2.45) is 0 Å². The summed E-state index contributed by atoms with van der Waals surface area (Å²) in [5.41, 5.74) is 3.11. The van der Waals surface area contributed by atoms with Crippen molar-refractivity contribution in [1.29, 1.82) is 0 Å². The number of ether oxygens (including phenoxy) is 1. The zero-order valence-corrected chi connectivity index (χ0v) is 21.6. The van der Waals surface area contributed by atoms with Crippen molar-refractivity contribution in [1.82, 2.24) is 14.9 Å². The molecule has 0 radical (unpaired) electrons. The van der Waals surface area contributed by atoms with E-state index >= 15 is 0 Å². The van der Waals surface area contributed by atoms with Crippen LogP contribution in [0.2, 0.25) is 0 Å². The van der Waals surface area contributed by atoms with Crippen LogP contribution in [0.4, 0.5) is 17.5 Å². The Morgan fingerprint density at radius 1 is 1.09 bits per heavy atom. The largest absolute Gasteiger partial charge is 0.494 e. The van der Waals surface area contributed by atoms with Crippen LogP contribution in [-0.4, -0.2) is 47.7 Å². The Morgan fingerprint density at radius 3 is 2.54 bits per heavy atom. The van der Waals surface area contributed by atoms with Crippen LogP contribution in [0.3, 0.4) is 0 Å². The van der Waals surface area contributed by atoms with Crippen molar-refractivity contribution in [2.75, 3.05) is 43.2 Å². The molecule has 0 saturated carbocycles. The summed E-state index contributed by atoms with van der Waals surface area (Å²) < 4.78 is 5.90. The SMILES string of the molecule is CCN(CC)CCCOc1ccc(Nc2ncc(C)c(N3OCCC3c3ccccc3)n2)cc1.Cl. The Labute approximate surface area is 214 Å². The van der Waals surface area contributed by atoms with Gasteiger partial charge in [0, 0.05) is 30.4 Å². The smallest absolute Gasteiger partial charge is 0.229 e. The molecule has 0 aliphatic carbocycles. The predicted octanol–water partition coefficient (Wildman–Crippen LogP) is 5.94. The fraction of sp³-hybridized carbons (Fsp3) is 0.407. The summed E-state index contributed by atoms with van der Waals surface area (Å²) in [5.74, 6) is 2.19. The van der Waals surface area contributed by atoms with Gasteiger partial charge in [-0.05, 0) is 56.3 Å². The second-order valence-electron chi connectivity index (χ2n) is 8.45. The molecule has 1 unspecified atom stereocenters. The van der Waals surface area contributed by atoms with Crippen molar-refractivity contribution in [2.45, 2.75) is 39.7 Å². The monoisotopic (exact) mass is 497 g/mol. The number of anilines is 3. The third-order valence-electron chi connectivity index (χ3n) is 6.14.